The van der Waals surface area contributed by atoms with E-state index in [2.05, 4.69) is 10.2 Å². The molecule has 0 aromatic rings. The van der Waals surface area contributed by atoms with E-state index in [0.717, 1.165) is 11.5 Å². The molecule has 0 aromatic heterocycles. The Labute approximate surface area is 113 Å². The van der Waals surface area contributed by atoms with E-state index in [1.807, 2.05) is 0 Å². The van der Waals surface area contributed by atoms with E-state index >= 15 is 0 Å². The number of rotatable bonds is 2. The van der Waals surface area contributed by atoms with Crippen molar-refractivity contribution in [3.8, 4) is 0 Å². The molecule has 2 heterocycles. The maximum absolute atomic E-state index is 3.70. The molecule has 1 spiro atoms. The van der Waals surface area contributed by atoms with Crippen LogP contribution < -0.4 is 5.32 Å². The minimum atomic E-state index is 0.773. The van der Waals surface area contributed by atoms with Crippen LogP contribution in [0.4, 0.5) is 0 Å². The fourth-order valence-electron chi connectivity index (χ4n) is 4.40. The zero-order chi connectivity index (χ0) is 12.3. The van der Waals surface area contributed by atoms with Gasteiger partial charge < -0.3 is 10.2 Å². The lowest BCUT2D eigenvalue weighted by Crippen LogP contribution is -2.48. The molecule has 1 N–H and O–H groups in total. The molecular formula is C16H30N2. The predicted octanol–water partition coefficient (Wildman–Crippen LogP) is 3.17. The van der Waals surface area contributed by atoms with Crippen molar-refractivity contribution < 1.29 is 0 Å². The fraction of sp³-hybridized carbons (Fsp3) is 1.00. The van der Waals surface area contributed by atoms with Crippen LogP contribution in [0.25, 0.3) is 0 Å². The Morgan fingerprint density at radius 1 is 0.889 bits per heavy atom. The van der Waals surface area contributed by atoms with E-state index in [0.29, 0.717) is 0 Å². The van der Waals surface area contributed by atoms with Crippen LogP contribution in [0.1, 0.15) is 64.2 Å². The second-order valence-corrected chi connectivity index (χ2v) is 7.01. The first-order chi connectivity index (χ1) is 8.86. The summed E-state index contributed by atoms with van der Waals surface area (Å²) in [5, 5.41) is 3.70. The molecule has 2 heteroatoms. The third-order valence-electron chi connectivity index (χ3n) is 5.72. The van der Waals surface area contributed by atoms with Gasteiger partial charge in [-0.2, -0.15) is 0 Å². The molecule has 0 unspecified atom stereocenters. The van der Waals surface area contributed by atoms with Gasteiger partial charge in [-0.1, -0.05) is 25.7 Å². The number of likely N-dealkylation sites (tertiary alicyclic amines) is 1. The first kappa shape index (κ1) is 12.9. The SMILES string of the molecule is C1CCC2(CC1)CCN(C[C@H]1CCCCN1)CC2. The molecule has 3 aliphatic rings. The van der Waals surface area contributed by atoms with Gasteiger partial charge in [0.15, 0.2) is 0 Å². The van der Waals surface area contributed by atoms with E-state index in [1.54, 1.807) is 0 Å². The Morgan fingerprint density at radius 2 is 1.67 bits per heavy atom. The van der Waals surface area contributed by atoms with Crippen molar-refractivity contribution in [2.24, 2.45) is 5.41 Å². The Kier molecular flexibility index (Phi) is 4.25. The molecule has 0 amide bonds. The van der Waals surface area contributed by atoms with Crippen LogP contribution in [0.5, 0.6) is 0 Å². The maximum atomic E-state index is 3.70. The Hall–Kier alpha value is -0.0800. The van der Waals surface area contributed by atoms with Crippen molar-refractivity contribution in [3.63, 3.8) is 0 Å². The Balaban J connectivity index is 1.44. The summed E-state index contributed by atoms with van der Waals surface area (Å²) in [6.07, 6.45) is 14.8. The average molecular weight is 250 g/mol. The van der Waals surface area contributed by atoms with E-state index in [-0.39, 0.29) is 0 Å². The van der Waals surface area contributed by atoms with E-state index in [1.165, 1.54) is 90.4 Å². The van der Waals surface area contributed by atoms with E-state index in [4.69, 9.17) is 0 Å². The second kappa shape index (κ2) is 5.92. The van der Waals surface area contributed by atoms with Gasteiger partial charge in [0.05, 0.1) is 0 Å². The molecule has 2 saturated heterocycles. The van der Waals surface area contributed by atoms with Crippen LogP contribution in [0.3, 0.4) is 0 Å². The summed E-state index contributed by atoms with van der Waals surface area (Å²) in [6.45, 7) is 5.31. The first-order valence-electron chi connectivity index (χ1n) is 8.32. The molecule has 0 radical (unpaired) electrons. The van der Waals surface area contributed by atoms with Crippen LogP contribution in [-0.4, -0.2) is 37.1 Å². The van der Waals surface area contributed by atoms with Crippen LogP contribution in [0.15, 0.2) is 0 Å². The minimum Gasteiger partial charge on any atom is -0.313 e. The maximum Gasteiger partial charge on any atom is 0.0195 e. The van der Waals surface area contributed by atoms with Gasteiger partial charge >= 0.3 is 0 Å². The first-order valence-corrected chi connectivity index (χ1v) is 8.32. The van der Waals surface area contributed by atoms with Crippen LogP contribution >= 0.6 is 0 Å². The lowest BCUT2D eigenvalue weighted by atomic mass is 9.68. The molecular weight excluding hydrogens is 220 g/mol. The summed E-state index contributed by atoms with van der Waals surface area (Å²) in [6, 6.07) is 0.791. The molecule has 0 bridgehead atoms. The third-order valence-corrected chi connectivity index (χ3v) is 5.72. The molecule has 1 aliphatic carbocycles. The van der Waals surface area contributed by atoms with Gasteiger partial charge in [-0.25, -0.2) is 0 Å². The summed E-state index contributed by atoms with van der Waals surface area (Å²) in [5.74, 6) is 0. The van der Waals surface area contributed by atoms with Crippen molar-refractivity contribution >= 4 is 0 Å². The van der Waals surface area contributed by atoms with Crippen molar-refractivity contribution in [1.82, 2.24) is 10.2 Å². The molecule has 3 rings (SSSR count). The largest absolute Gasteiger partial charge is 0.313 e. The molecule has 18 heavy (non-hydrogen) atoms. The summed E-state index contributed by atoms with van der Waals surface area (Å²) in [7, 11) is 0. The average Bonchev–Trinajstić information content (AvgIpc) is 2.44. The summed E-state index contributed by atoms with van der Waals surface area (Å²) in [5.41, 5.74) is 0.773. The van der Waals surface area contributed by atoms with Crippen molar-refractivity contribution in [2.75, 3.05) is 26.2 Å². The summed E-state index contributed by atoms with van der Waals surface area (Å²) in [4.78, 5) is 2.74. The zero-order valence-corrected chi connectivity index (χ0v) is 11.9. The molecule has 0 aromatic carbocycles. The van der Waals surface area contributed by atoms with Gasteiger partial charge in [-0.05, 0) is 63.6 Å². The number of nitrogens with one attached hydrogen (secondary N) is 1. The van der Waals surface area contributed by atoms with E-state index < -0.39 is 0 Å². The Morgan fingerprint density at radius 3 is 2.33 bits per heavy atom. The van der Waals surface area contributed by atoms with Gasteiger partial charge in [0.2, 0.25) is 0 Å². The highest BCUT2D eigenvalue weighted by molar-refractivity contribution is 4.89. The molecule has 104 valence electrons. The normalized spacial score (nSPS) is 33.7. The summed E-state index contributed by atoms with van der Waals surface area (Å²) >= 11 is 0. The van der Waals surface area contributed by atoms with Crippen LogP contribution in [0, 0.1) is 5.41 Å². The molecule has 3 fully saturated rings. The van der Waals surface area contributed by atoms with Crippen molar-refractivity contribution in [3.05, 3.63) is 0 Å². The predicted molar refractivity (Wildman–Crippen MR) is 76.8 cm³/mol. The number of nitrogens with zero attached hydrogens (tertiary/aromatic N) is 1. The standard InChI is InChI=1S/C16H30N2/c1-3-7-16(8-4-1)9-12-18(13-10-16)14-15-6-2-5-11-17-15/h15,17H,1-14H2/t15-/m1/s1. The quantitative estimate of drug-likeness (QED) is 0.810. The number of piperidine rings is 2. The lowest BCUT2D eigenvalue weighted by molar-refractivity contribution is 0.0611. The molecule has 2 nitrogen and oxygen atoms in total. The van der Waals surface area contributed by atoms with E-state index in [9.17, 15) is 0 Å². The van der Waals surface area contributed by atoms with Crippen LogP contribution in [0.2, 0.25) is 0 Å². The highest BCUT2D eigenvalue weighted by Crippen LogP contribution is 2.44. The third kappa shape index (κ3) is 3.08. The molecule has 1 atom stereocenters. The highest BCUT2D eigenvalue weighted by atomic mass is 15.2. The van der Waals surface area contributed by atoms with Gasteiger partial charge in [-0.15, -0.1) is 0 Å². The van der Waals surface area contributed by atoms with Crippen LogP contribution in [-0.2, 0) is 0 Å². The van der Waals surface area contributed by atoms with Gasteiger partial charge in [0, 0.05) is 12.6 Å². The zero-order valence-electron chi connectivity index (χ0n) is 11.9. The van der Waals surface area contributed by atoms with Gasteiger partial charge in [0.1, 0.15) is 0 Å². The number of hydrogen-bond donors (Lipinski definition) is 1. The lowest BCUT2D eigenvalue weighted by Gasteiger charge is -2.45. The molecule has 2 aliphatic heterocycles. The minimum absolute atomic E-state index is 0.773. The van der Waals surface area contributed by atoms with Gasteiger partial charge in [-0.3, -0.25) is 0 Å². The summed E-state index contributed by atoms with van der Waals surface area (Å²) < 4.78 is 0. The van der Waals surface area contributed by atoms with Gasteiger partial charge in [0.25, 0.3) is 0 Å². The second-order valence-electron chi connectivity index (χ2n) is 7.01. The Bertz CT molecular complexity index is 242. The molecule has 1 saturated carbocycles. The van der Waals surface area contributed by atoms with Crippen molar-refractivity contribution in [1.29, 1.82) is 0 Å². The topological polar surface area (TPSA) is 15.3 Å². The number of hydrogen-bond acceptors (Lipinski definition) is 2. The van der Waals surface area contributed by atoms with Crippen molar-refractivity contribution in [2.45, 2.75) is 70.3 Å². The smallest absolute Gasteiger partial charge is 0.0195 e. The monoisotopic (exact) mass is 250 g/mol. The highest BCUT2D eigenvalue weighted by Gasteiger charge is 2.35. The fourth-order valence-corrected chi connectivity index (χ4v) is 4.40.